The van der Waals surface area contributed by atoms with Crippen molar-refractivity contribution in [2.75, 3.05) is 33.1 Å². The first-order valence-corrected chi connectivity index (χ1v) is 11.1. The van der Waals surface area contributed by atoms with Crippen LogP contribution >= 0.6 is 11.8 Å². The maximum Gasteiger partial charge on any atom is 0.169 e. The Labute approximate surface area is 171 Å². The third kappa shape index (κ3) is 4.90. The third-order valence-corrected chi connectivity index (χ3v) is 6.73. The largest absolute Gasteiger partial charge is 0.359 e. The van der Waals surface area contributed by atoms with Crippen molar-refractivity contribution in [1.82, 2.24) is 0 Å². The van der Waals surface area contributed by atoms with Crippen LogP contribution in [-0.4, -0.2) is 63.3 Å². The van der Waals surface area contributed by atoms with Crippen LogP contribution in [0.1, 0.15) is 32.1 Å². The molecule has 2 aliphatic heterocycles. The lowest BCUT2D eigenvalue weighted by molar-refractivity contribution is -0.280. The Kier molecular flexibility index (Phi) is 7.27. The lowest BCUT2D eigenvalue weighted by Crippen LogP contribution is -2.55. The van der Waals surface area contributed by atoms with Crippen molar-refractivity contribution in [3.05, 3.63) is 30.3 Å². The van der Waals surface area contributed by atoms with Gasteiger partial charge in [0, 0.05) is 30.6 Å². The highest BCUT2D eigenvalue weighted by molar-refractivity contribution is 7.99. The molecule has 1 spiro atoms. The van der Waals surface area contributed by atoms with E-state index in [0.29, 0.717) is 6.61 Å². The van der Waals surface area contributed by atoms with Gasteiger partial charge in [-0.1, -0.05) is 24.6 Å². The summed E-state index contributed by atoms with van der Waals surface area (Å²) in [6, 6.07) is 10.3. The zero-order valence-corrected chi connectivity index (χ0v) is 17.2. The molecule has 0 unspecified atom stereocenters. The third-order valence-electron chi connectivity index (χ3n) is 5.63. The molecule has 0 aromatic heterocycles. The molecule has 4 rings (SSSR count). The summed E-state index contributed by atoms with van der Waals surface area (Å²) < 4.78 is 35.6. The lowest BCUT2D eigenvalue weighted by atomic mass is 9.94. The number of ether oxygens (including phenoxy) is 6. The van der Waals surface area contributed by atoms with Gasteiger partial charge in [0.25, 0.3) is 0 Å². The molecule has 0 N–H and O–H groups in total. The first-order valence-electron chi connectivity index (χ1n) is 10.1. The number of hydrogen-bond donors (Lipinski definition) is 0. The fourth-order valence-corrected chi connectivity index (χ4v) is 5.20. The Morgan fingerprint density at radius 1 is 1.11 bits per heavy atom. The molecule has 1 aromatic carbocycles. The predicted molar refractivity (Wildman–Crippen MR) is 105 cm³/mol. The van der Waals surface area contributed by atoms with Gasteiger partial charge in [-0.25, -0.2) is 0 Å². The zero-order valence-electron chi connectivity index (χ0n) is 16.4. The minimum Gasteiger partial charge on any atom is -0.359 e. The van der Waals surface area contributed by atoms with Crippen LogP contribution < -0.4 is 0 Å². The summed E-state index contributed by atoms with van der Waals surface area (Å²) in [7, 11) is 1.62. The van der Waals surface area contributed by atoms with Gasteiger partial charge < -0.3 is 28.4 Å². The SMILES string of the molecule is COCO[C@H]1[C@@H]([C@H]2COC3(CCCCC3)O2)OCO[C@H]1CSc1ccccc1. The summed E-state index contributed by atoms with van der Waals surface area (Å²) >= 11 is 1.76. The van der Waals surface area contributed by atoms with Gasteiger partial charge in [-0.05, 0) is 25.0 Å². The molecular formula is C21H30O6S. The van der Waals surface area contributed by atoms with Crippen LogP contribution in [0.25, 0.3) is 0 Å². The van der Waals surface area contributed by atoms with Gasteiger partial charge in [0.05, 0.1) is 12.7 Å². The maximum absolute atomic E-state index is 6.42. The Balaban J connectivity index is 1.41. The average molecular weight is 411 g/mol. The smallest absolute Gasteiger partial charge is 0.169 e. The van der Waals surface area contributed by atoms with Crippen molar-refractivity contribution < 1.29 is 28.4 Å². The summed E-state index contributed by atoms with van der Waals surface area (Å²) in [4.78, 5) is 1.21. The average Bonchev–Trinajstić information content (AvgIpc) is 3.15. The zero-order chi connectivity index (χ0) is 19.2. The Bertz CT molecular complexity index is 594. The predicted octanol–water partition coefficient (Wildman–Crippen LogP) is 3.59. The van der Waals surface area contributed by atoms with E-state index in [1.807, 2.05) is 18.2 Å². The van der Waals surface area contributed by atoms with E-state index < -0.39 is 5.79 Å². The van der Waals surface area contributed by atoms with Crippen molar-refractivity contribution in [3.8, 4) is 0 Å². The molecule has 0 amide bonds. The van der Waals surface area contributed by atoms with Crippen LogP contribution in [-0.2, 0) is 28.4 Å². The summed E-state index contributed by atoms with van der Waals surface area (Å²) in [5.41, 5.74) is 0. The van der Waals surface area contributed by atoms with E-state index in [1.165, 1.54) is 11.3 Å². The van der Waals surface area contributed by atoms with E-state index in [2.05, 4.69) is 12.1 Å². The molecular weight excluding hydrogens is 380 g/mol. The van der Waals surface area contributed by atoms with Crippen molar-refractivity contribution >= 4 is 11.8 Å². The topological polar surface area (TPSA) is 55.4 Å². The first-order chi connectivity index (χ1) is 13.8. The molecule has 28 heavy (non-hydrogen) atoms. The highest BCUT2D eigenvalue weighted by Crippen LogP contribution is 2.40. The molecule has 3 fully saturated rings. The van der Waals surface area contributed by atoms with Crippen LogP contribution in [0.3, 0.4) is 0 Å². The summed E-state index contributed by atoms with van der Waals surface area (Å²) in [6.07, 6.45) is 4.74. The number of benzene rings is 1. The molecule has 7 heteroatoms. The monoisotopic (exact) mass is 410 g/mol. The summed E-state index contributed by atoms with van der Waals surface area (Å²) in [5.74, 6) is 0.349. The van der Waals surface area contributed by atoms with Gasteiger partial charge in [0.2, 0.25) is 0 Å². The van der Waals surface area contributed by atoms with Gasteiger partial charge in [0.15, 0.2) is 5.79 Å². The fourth-order valence-electron chi connectivity index (χ4n) is 4.20. The Morgan fingerprint density at radius 3 is 2.71 bits per heavy atom. The second-order valence-corrected chi connectivity index (χ2v) is 8.65. The quantitative estimate of drug-likeness (QED) is 0.503. The minimum atomic E-state index is -0.426. The Hall–Kier alpha value is -0.670. The Morgan fingerprint density at radius 2 is 1.93 bits per heavy atom. The molecule has 1 aromatic rings. The van der Waals surface area contributed by atoms with Gasteiger partial charge in [-0.2, -0.15) is 0 Å². The molecule has 3 aliphatic rings. The standard InChI is InChI=1S/C21H30O6S/c1-22-14-24-20-18(13-28-16-8-4-2-5-9-16)23-15-25-19(20)17-12-26-21(27-17)10-6-3-7-11-21/h2,4-5,8-9,17-20H,3,6-7,10-15H2,1H3/t17-,18+,19-,20-/m1/s1. The van der Waals surface area contributed by atoms with Gasteiger partial charge in [-0.15, -0.1) is 11.8 Å². The molecule has 0 bridgehead atoms. The highest BCUT2D eigenvalue weighted by atomic mass is 32.2. The van der Waals surface area contributed by atoms with E-state index in [9.17, 15) is 0 Å². The fraction of sp³-hybridized carbons (Fsp3) is 0.714. The second-order valence-electron chi connectivity index (χ2n) is 7.55. The molecule has 2 saturated heterocycles. The molecule has 6 nitrogen and oxygen atoms in total. The van der Waals surface area contributed by atoms with Crippen LogP contribution in [0.2, 0.25) is 0 Å². The molecule has 4 atom stereocenters. The second kappa shape index (κ2) is 9.89. The number of methoxy groups -OCH3 is 1. The van der Waals surface area contributed by atoms with E-state index in [1.54, 1.807) is 18.9 Å². The number of rotatable bonds is 7. The highest BCUT2D eigenvalue weighted by Gasteiger charge is 2.50. The number of thioether (sulfide) groups is 1. The van der Waals surface area contributed by atoms with E-state index in [0.717, 1.165) is 31.4 Å². The van der Waals surface area contributed by atoms with Crippen LogP contribution in [0.4, 0.5) is 0 Å². The van der Waals surface area contributed by atoms with E-state index in [4.69, 9.17) is 28.4 Å². The van der Waals surface area contributed by atoms with Gasteiger partial charge in [0.1, 0.15) is 31.9 Å². The van der Waals surface area contributed by atoms with Crippen molar-refractivity contribution in [3.63, 3.8) is 0 Å². The summed E-state index contributed by atoms with van der Waals surface area (Å²) in [6.45, 7) is 0.972. The molecule has 0 radical (unpaired) electrons. The number of hydrogen-bond acceptors (Lipinski definition) is 7. The lowest BCUT2D eigenvalue weighted by Gasteiger charge is -2.40. The molecule has 1 saturated carbocycles. The van der Waals surface area contributed by atoms with E-state index in [-0.39, 0.29) is 38.0 Å². The van der Waals surface area contributed by atoms with Crippen molar-refractivity contribution in [2.24, 2.45) is 0 Å². The van der Waals surface area contributed by atoms with Gasteiger partial charge in [-0.3, -0.25) is 0 Å². The first kappa shape index (κ1) is 20.6. The molecule has 1 aliphatic carbocycles. The van der Waals surface area contributed by atoms with Crippen LogP contribution in [0.15, 0.2) is 35.2 Å². The normalized spacial score (nSPS) is 32.6. The van der Waals surface area contributed by atoms with Gasteiger partial charge >= 0.3 is 0 Å². The van der Waals surface area contributed by atoms with Crippen molar-refractivity contribution in [2.45, 2.75) is 67.2 Å². The van der Waals surface area contributed by atoms with Crippen LogP contribution in [0, 0.1) is 0 Å². The van der Waals surface area contributed by atoms with Crippen LogP contribution in [0.5, 0.6) is 0 Å². The van der Waals surface area contributed by atoms with E-state index >= 15 is 0 Å². The summed E-state index contributed by atoms with van der Waals surface area (Å²) in [5, 5.41) is 0. The maximum atomic E-state index is 6.42. The molecule has 156 valence electrons. The van der Waals surface area contributed by atoms with Crippen molar-refractivity contribution in [1.29, 1.82) is 0 Å². The molecule has 2 heterocycles. The minimum absolute atomic E-state index is 0.106.